The number of esters is 2. The Bertz CT molecular complexity index is 1250. The second-order valence-corrected chi connectivity index (χ2v) is 10.8. The lowest BCUT2D eigenvalue weighted by atomic mass is 10.0. The second kappa shape index (κ2) is 17.2. The number of hydrogen-bond donors (Lipinski definition) is 4. The molecule has 0 heterocycles. The summed E-state index contributed by atoms with van der Waals surface area (Å²) in [5.74, 6) is -4.74. The molecule has 0 bridgehead atoms. The predicted molar refractivity (Wildman–Crippen MR) is 166 cm³/mol. The summed E-state index contributed by atoms with van der Waals surface area (Å²) in [6.07, 6.45) is 4.32. The number of rotatable bonds is 12. The molecular formula is C32H40N4O8. The van der Waals surface area contributed by atoms with Gasteiger partial charge in [-0.1, -0.05) is 64.1 Å². The van der Waals surface area contributed by atoms with Gasteiger partial charge in [-0.25, -0.2) is 9.59 Å². The lowest BCUT2D eigenvalue weighted by molar-refractivity contribution is -0.147. The van der Waals surface area contributed by atoms with E-state index in [1.54, 1.807) is 48.5 Å². The van der Waals surface area contributed by atoms with Gasteiger partial charge in [-0.3, -0.25) is 19.2 Å². The SMILES string of the molecule is COC(=O)[C@H](CC(C)C)NC(=O)C(=O)Nc1ccc(/C=C/c2ccc(NC(=O)C(=O)N[C@@H](CC(C)C)C(=O)OC)cc2)cc1. The van der Waals surface area contributed by atoms with Crippen molar-refractivity contribution in [3.05, 3.63) is 59.7 Å². The molecule has 0 spiro atoms. The molecule has 0 aliphatic carbocycles. The molecule has 4 amide bonds. The van der Waals surface area contributed by atoms with Crippen LogP contribution < -0.4 is 21.3 Å². The van der Waals surface area contributed by atoms with Crippen LogP contribution in [0.1, 0.15) is 51.7 Å². The number of hydrogen-bond acceptors (Lipinski definition) is 8. The highest BCUT2D eigenvalue weighted by atomic mass is 16.5. The van der Waals surface area contributed by atoms with Crippen molar-refractivity contribution in [2.24, 2.45) is 11.8 Å². The Morgan fingerprint density at radius 2 is 0.886 bits per heavy atom. The normalized spacial score (nSPS) is 12.3. The zero-order valence-electron chi connectivity index (χ0n) is 25.8. The van der Waals surface area contributed by atoms with E-state index in [-0.39, 0.29) is 11.8 Å². The third-order valence-electron chi connectivity index (χ3n) is 6.21. The van der Waals surface area contributed by atoms with Crippen molar-refractivity contribution in [2.45, 2.75) is 52.6 Å². The van der Waals surface area contributed by atoms with E-state index < -0.39 is 47.7 Å². The molecule has 0 saturated heterocycles. The summed E-state index contributed by atoms with van der Waals surface area (Å²) in [7, 11) is 2.44. The zero-order chi connectivity index (χ0) is 32.8. The summed E-state index contributed by atoms with van der Waals surface area (Å²) in [4.78, 5) is 73.1. The second-order valence-electron chi connectivity index (χ2n) is 10.8. The minimum Gasteiger partial charge on any atom is -0.467 e. The summed E-state index contributed by atoms with van der Waals surface area (Å²) >= 11 is 0. The molecule has 4 N–H and O–H groups in total. The topological polar surface area (TPSA) is 169 Å². The molecule has 0 radical (unpaired) electrons. The number of ether oxygens (including phenoxy) is 2. The van der Waals surface area contributed by atoms with Crippen LogP contribution in [0.4, 0.5) is 11.4 Å². The molecular weight excluding hydrogens is 568 g/mol. The summed E-state index contributed by atoms with van der Waals surface area (Å²) in [5.41, 5.74) is 2.41. The van der Waals surface area contributed by atoms with Crippen molar-refractivity contribution in [3.8, 4) is 0 Å². The van der Waals surface area contributed by atoms with Crippen LogP contribution in [0.25, 0.3) is 12.2 Å². The minimum atomic E-state index is -0.943. The average molecular weight is 609 g/mol. The van der Waals surface area contributed by atoms with E-state index in [9.17, 15) is 28.8 Å². The van der Waals surface area contributed by atoms with E-state index in [0.29, 0.717) is 24.2 Å². The van der Waals surface area contributed by atoms with Gasteiger partial charge in [0.05, 0.1) is 14.2 Å². The molecule has 2 rings (SSSR count). The van der Waals surface area contributed by atoms with Crippen LogP contribution in [0.3, 0.4) is 0 Å². The van der Waals surface area contributed by atoms with Gasteiger partial charge in [-0.2, -0.15) is 0 Å². The molecule has 0 saturated carbocycles. The molecule has 2 aromatic carbocycles. The van der Waals surface area contributed by atoms with Gasteiger partial charge in [0.2, 0.25) is 0 Å². The van der Waals surface area contributed by atoms with Gasteiger partial charge < -0.3 is 30.7 Å². The van der Waals surface area contributed by atoms with Crippen LogP contribution in [-0.2, 0) is 38.2 Å². The zero-order valence-corrected chi connectivity index (χ0v) is 25.8. The van der Waals surface area contributed by atoms with E-state index in [1.165, 1.54) is 14.2 Å². The highest BCUT2D eigenvalue weighted by Crippen LogP contribution is 2.15. The van der Waals surface area contributed by atoms with Crippen LogP contribution in [0, 0.1) is 11.8 Å². The number of nitrogens with one attached hydrogen (secondary N) is 4. The lowest BCUT2D eigenvalue weighted by Crippen LogP contribution is -2.46. The fourth-order valence-electron chi connectivity index (χ4n) is 4.03. The van der Waals surface area contributed by atoms with E-state index in [0.717, 1.165) is 11.1 Å². The largest absolute Gasteiger partial charge is 0.467 e. The molecule has 0 unspecified atom stereocenters. The Hall–Kier alpha value is -5.00. The van der Waals surface area contributed by atoms with Gasteiger partial charge in [-0.15, -0.1) is 0 Å². The number of benzene rings is 2. The van der Waals surface area contributed by atoms with Crippen LogP contribution in [0.15, 0.2) is 48.5 Å². The van der Waals surface area contributed by atoms with E-state index in [1.807, 2.05) is 39.8 Å². The van der Waals surface area contributed by atoms with Gasteiger partial charge in [0, 0.05) is 11.4 Å². The van der Waals surface area contributed by atoms with Gasteiger partial charge in [0.1, 0.15) is 12.1 Å². The summed E-state index contributed by atoms with van der Waals surface area (Å²) in [6.45, 7) is 7.54. The van der Waals surface area contributed by atoms with E-state index >= 15 is 0 Å². The number of carbonyl (C=O) groups excluding carboxylic acids is 6. The molecule has 0 aromatic heterocycles. The Kier molecular flexibility index (Phi) is 13.8. The van der Waals surface area contributed by atoms with Gasteiger partial charge in [-0.05, 0) is 60.1 Å². The smallest absolute Gasteiger partial charge is 0.328 e. The first-order chi connectivity index (χ1) is 20.8. The van der Waals surface area contributed by atoms with Crippen LogP contribution >= 0.6 is 0 Å². The molecule has 12 nitrogen and oxygen atoms in total. The Morgan fingerprint density at radius 3 is 1.16 bits per heavy atom. The Labute approximate surface area is 256 Å². The van der Waals surface area contributed by atoms with Crippen molar-refractivity contribution in [1.29, 1.82) is 0 Å². The quantitative estimate of drug-likeness (QED) is 0.162. The number of amides is 4. The van der Waals surface area contributed by atoms with Crippen molar-refractivity contribution in [2.75, 3.05) is 24.9 Å². The van der Waals surface area contributed by atoms with Crippen molar-refractivity contribution < 1.29 is 38.2 Å². The highest BCUT2D eigenvalue weighted by molar-refractivity contribution is 6.40. The monoisotopic (exact) mass is 608 g/mol. The summed E-state index contributed by atoms with van der Waals surface area (Å²) in [6, 6.07) is 11.7. The number of carbonyl (C=O) groups is 6. The third kappa shape index (κ3) is 11.7. The van der Waals surface area contributed by atoms with Gasteiger partial charge >= 0.3 is 35.6 Å². The van der Waals surface area contributed by atoms with E-state index in [2.05, 4.69) is 21.3 Å². The van der Waals surface area contributed by atoms with Crippen LogP contribution in [-0.4, -0.2) is 61.9 Å². The third-order valence-corrected chi connectivity index (χ3v) is 6.21. The maximum Gasteiger partial charge on any atom is 0.328 e. The summed E-state index contributed by atoms with van der Waals surface area (Å²) < 4.78 is 9.41. The first kappa shape index (κ1) is 35.2. The fourth-order valence-corrected chi connectivity index (χ4v) is 4.03. The van der Waals surface area contributed by atoms with E-state index in [4.69, 9.17) is 9.47 Å². The maximum absolute atomic E-state index is 12.3. The minimum absolute atomic E-state index is 0.100. The fraction of sp³-hybridized carbons (Fsp3) is 0.375. The first-order valence-corrected chi connectivity index (χ1v) is 14.1. The molecule has 0 aliphatic rings. The van der Waals surface area contributed by atoms with Crippen LogP contribution in [0.2, 0.25) is 0 Å². The maximum atomic E-state index is 12.3. The Balaban J connectivity index is 1.92. The van der Waals surface area contributed by atoms with Crippen molar-refractivity contribution in [3.63, 3.8) is 0 Å². The standard InChI is InChI=1S/C32H40N4O8/c1-19(2)17-25(31(41)43-5)35-29(39)27(37)33-23-13-9-21(10-14-23)7-8-22-11-15-24(16-12-22)34-28(38)30(40)36-26(18-20(3)4)32(42)44-6/h7-16,19-20,25-26H,17-18H2,1-6H3,(H,33,37)(H,34,38)(H,35,39)(H,36,40)/b8-7+/t25-,26-/m0/s1. The molecule has 2 atom stereocenters. The number of methoxy groups -OCH3 is 2. The summed E-state index contributed by atoms with van der Waals surface area (Å²) in [5, 5.41) is 9.83. The molecule has 0 fully saturated rings. The predicted octanol–water partition coefficient (Wildman–Crippen LogP) is 3.14. The first-order valence-electron chi connectivity index (χ1n) is 14.1. The molecule has 236 valence electrons. The Morgan fingerprint density at radius 1 is 0.568 bits per heavy atom. The van der Waals surface area contributed by atoms with Gasteiger partial charge in [0.15, 0.2) is 0 Å². The average Bonchev–Trinajstić information content (AvgIpc) is 2.99. The molecule has 44 heavy (non-hydrogen) atoms. The van der Waals surface area contributed by atoms with Crippen molar-refractivity contribution in [1.82, 2.24) is 10.6 Å². The van der Waals surface area contributed by atoms with Crippen LogP contribution in [0.5, 0.6) is 0 Å². The molecule has 0 aliphatic heterocycles. The highest BCUT2D eigenvalue weighted by Gasteiger charge is 2.27. The number of anilines is 2. The van der Waals surface area contributed by atoms with Gasteiger partial charge in [0.25, 0.3) is 0 Å². The molecule has 2 aromatic rings. The molecule has 12 heteroatoms. The lowest BCUT2D eigenvalue weighted by Gasteiger charge is -2.18. The van der Waals surface area contributed by atoms with Crippen molar-refractivity contribution >= 4 is 59.1 Å².